The summed E-state index contributed by atoms with van der Waals surface area (Å²) in [6.07, 6.45) is 1.61. The number of thiophene rings is 1. The molecular formula is C12H18N4O3S2. The minimum Gasteiger partial charge on any atom is -0.343 e. The van der Waals surface area contributed by atoms with Crippen LogP contribution in [-0.2, 0) is 23.0 Å². The van der Waals surface area contributed by atoms with Gasteiger partial charge in [0.05, 0.1) is 4.90 Å². The Hall–Kier alpha value is -1.29. The number of aromatic nitrogens is 2. The zero-order chi connectivity index (χ0) is 15.3. The van der Waals surface area contributed by atoms with Crippen molar-refractivity contribution in [2.45, 2.75) is 31.7 Å². The second kappa shape index (κ2) is 7.12. The van der Waals surface area contributed by atoms with Gasteiger partial charge in [0.15, 0.2) is 5.82 Å². The summed E-state index contributed by atoms with van der Waals surface area (Å²) in [5.74, 6) is 0.479. The zero-order valence-electron chi connectivity index (χ0n) is 11.9. The summed E-state index contributed by atoms with van der Waals surface area (Å²) in [6, 6.07) is 1.72. The van der Waals surface area contributed by atoms with E-state index in [1.54, 1.807) is 6.07 Å². The molecular weight excluding hydrogens is 312 g/mol. The van der Waals surface area contributed by atoms with Gasteiger partial charge in [0.1, 0.15) is 0 Å². The van der Waals surface area contributed by atoms with E-state index in [0.29, 0.717) is 23.7 Å². The first-order valence-electron chi connectivity index (χ1n) is 6.58. The maximum Gasteiger partial charge on any atom is 0.241 e. The molecule has 0 saturated carbocycles. The van der Waals surface area contributed by atoms with Crippen LogP contribution in [0.25, 0.3) is 0 Å². The van der Waals surface area contributed by atoms with Gasteiger partial charge in [-0.05, 0) is 19.5 Å². The predicted molar refractivity (Wildman–Crippen MR) is 79.6 cm³/mol. The number of hydrogen-bond donors (Lipinski definition) is 2. The number of nitrogens with zero attached hydrogens (tertiary/aromatic N) is 2. The van der Waals surface area contributed by atoms with Crippen molar-refractivity contribution in [2.24, 2.45) is 0 Å². The van der Waals surface area contributed by atoms with Gasteiger partial charge in [0.2, 0.25) is 16.4 Å². The number of sulfonamides is 1. The summed E-state index contributed by atoms with van der Waals surface area (Å²) >= 11 is 1.49. The smallest absolute Gasteiger partial charge is 0.241 e. The lowest BCUT2D eigenvalue weighted by molar-refractivity contribution is 0.410. The fourth-order valence-corrected chi connectivity index (χ4v) is 4.44. The molecule has 0 radical (unpaired) electrons. The van der Waals surface area contributed by atoms with Crippen molar-refractivity contribution < 1.29 is 12.9 Å². The lowest BCUT2D eigenvalue weighted by atomic mass is 10.4. The summed E-state index contributed by atoms with van der Waals surface area (Å²) in [5, 5.41) is 6.82. The molecule has 0 aliphatic carbocycles. The molecule has 9 heteroatoms. The van der Waals surface area contributed by atoms with Crippen LogP contribution in [0.2, 0.25) is 0 Å². The molecule has 0 unspecified atom stereocenters. The average Bonchev–Trinajstić information content (AvgIpc) is 3.06. The van der Waals surface area contributed by atoms with Gasteiger partial charge >= 0.3 is 0 Å². The van der Waals surface area contributed by atoms with Gasteiger partial charge in [-0.15, -0.1) is 11.3 Å². The first-order valence-corrected chi connectivity index (χ1v) is 8.88. The average molecular weight is 330 g/mol. The topological polar surface area (TPSA) is 97.1 Å². The molecule has 7 nitrogen and oxygen atoms in total. The molecule has 116 valence electrons. The first kappa shape index (κ1) is 16.1. The van der Waals surface area contributed by atoms with Crippen molar-refractivity contribution >= 4 is 21.4 Å². The Kier molecular flexibility index (Phi) is 5.45. The standard InChI is InChI=1S/C12H18N4O3S2/c1-3-13-7-10-6-11(9(2)20-10)21(17,18)15-5-4-12-14-8-19-16-12/h6,8,13,15H,3-5,7H2,1-2H3. The molecule has 2 N–H and O–H groups in total. The van der Waals surface area contributed by atoms with E-state index in [9.17, 15) is 8.42 Å². The fourth-order valence-electron chi connectivity index (χ4n) is 1.80. The van der Waals surface area contributed by atoms with Crippen LogP contribution < -0.4 is 10.0 Å². The van der Waals surface area contributed by atoms with E-state index in [-0.39, 0.29) is 6.54 Å². The minimum absolute atomic E-state index is 0.236. The third-order valence-corrected chi connectivity index (χ3v) is 5.58. The number of hydrogen-bond acceptors (Lipinski definition) is 7. The van der Waals surface area contributed by atoms with Crippen molar-refractivity contribution in [3.8, 4) is 0 Å². The highest BCUT2D eigenvalue weighted by Gasteiger charge is 2.19. The molecule has 0 saturated heterocycles. The maximum atomic E-state index is 12.3. The fraction of sp³-hybridized carbons (Fsp3) is 0.500. The highest BCUT2D eigenvalue weighted by molar-refractivity contribution is 7.89. The Morgan fingerprint density at radius 1 is 1.43 bits per heavy atom. The largest absolute Gasteiger partial charge is 0.343 e. The molecule has 2 heterocycles. The van der Waals surface area contributed by atoms with Crippen LogP contribution in [-0.4, -0.2) is 31.6 Å². The van der Waals surface area contributed by atoms with E-state index in [1.165, 1.54) is 17.7 Å². The molecule has 2 aromatic rings. The Morgan fingerprint density at radius 3 is 2.90 bits per heavy atom. The summed E-state index contributed by atoms with van der Waals surface area (Å²) in [4.78, 5) is 5.98. The van der Waals surface area contributed by atoms with Gasteiger partial charge in [-0.1, -0.05) is 12.1 Å². The van der Waals surface area contributed by atoms with Crippen molar-refractivity contribution in [3.05, 3.63) is 28.0 Å². The lowest BCUT2D eigenvalue weighted by Crippen LogP contribution is -2.26. The van der Waals surface area contributed by atoms with Crippen LogP contribution in [0.5, 0.6) is 0 Å². The molecule has 0 amide bonds. The molecule has 0 spiro atoms. The summed E-state index contributed by atoms with van der Waals surface area (Å²) in [5.41, 5.74) is 0. The molecule has 0 bridgehead atoms. The van der Waals surface area contributed by atoms with E-state index >= 15 is 0 Å². The van der Waals surface area contributed by atoms with Gasteiger partial charge in [0.25, 0.3) is 0 Å². The van der Waals surface area contributed by atoms with E-state index in [0.717, 1.165) is 16.3 Å². The zero-order valence-corrected chi connectivity index (χ0v) is 13.6. The molecule has 0 aromatic carbocycles. The van der Waals surface area contributed by atoms with E-state index in [1.807, 2.05) is 13.8 Å². The van der Waals surface area contributed by atoms with Crippen LogP contribution in [0.1, 0.15) is 22.5 Å². The Morgan fingerprint density at radius 2 is 2.24 bits per heavy atom. The van der Waals surface area contributed by atoms with Crippen molar-refractivity contribution in [3.63, 3.8) is 0 Å². The SMILES string of the molecule is CCNCc1cc(S(=O)(=O)NCCc2ncon2)c(C)s1. The minimum atomic E-state index is -3.50. The Bertz CT molecular complexity index is 665. The van der Waals surface area contributed by atoms with Crippen LogP contribution in [0.3, 0.4) is 0 Å². The normalized spacial score (nSPS) is 11.9. The van der Waals surface area contributed by atoms with Gasteiger partial charge in [-0.25, -0.2) is 13.1 Å². The number of nitrogens with one attached hydrogen (secondary N) is 2. The number of aryl methyl sites for hydroxylation is 1. The maximum absolute atomic E-state index is 12.3. The third kappa shape index (κ3) is 4.34. The molecule has 0 aliphatic heterocycles. The van der Waals surface area contributed by atoms with Crippen LogP contribution >= 0.6 is 11.3 Å². The monoisotopic (exact) mass is 330 g/mol. The quantitative estimate of drug-likeness (QED) is 0.751. The third-order valence-electron chi connectivity index (χ3n) is 2.81. The van der Waals surface area contributed by atoms with Gasteiger partial charge in [0, 0.05) is 29.3 Å². The van der Waals surface area contributed by atoms with E-state index < -0.39 is 10.0 Å². The highest BCUT2D eigenvalue weighted by atomic mass is 32.2. The van der Waals surface area contributed by atoms with Crippen LogP contribution in [0.15, 0.2) is 21.9 Å². The summed E-state index contributed by atoms with van der Waals surface area (Å²) in [6.45, 7) is 5.59. The Balaban J connectivity index is 1.99. The van der Waals surface area contributed by atoms with E-state index in [4.69, 9.17) is 0 Å². The second-order valence-electron chi connectivity index (χ2n) is 4.41. The molecule has 0 aliphatic rings. The molecule has 0 atom stereocenters. The van der Waals surface area contributed by atoms with Gasteiger partial charge < -0.3 is 9.84 Å². The van der Waals surface area contributed by atoms with Crippen LogP contribution in [0, 0.1) is 6.92 Å². The summed E-state index contributed by atoms with van der Waals surface area (Å²) in [7, 11) is -3.50. The van der Waals surface area contributed by atoms with Crippen LogP contribution in [0.4, 0.5) is 0 Å². The van der Waals surface area contributed by atoms with Crippen molar-refractivity contribution in [2.75, 3.05) is 13.1 Å². The molecule has 2 aromatic heterocycles. The van der Waals surface area contributed by atoms with Crippen molar-refractivity contribution in [1.29, 1.82) is 0 Å². The molecule has 0 fully saturated rings. The summed E-state index contributed by atoms with van der Waals surface area (Å²) < 4.78 is 31.7. The first-order chi connectivity index (χ1) is 10.0. The van der Waals surface area contributed by atoms with E-state index in [2.05, 4.69) is 24.7 Å². The second-order valence-corrected chi connectivity index (χ2v) is 7.48. The lowest BCUT2D eigenvalue weighted by Gasteiger charge is -2.04. The molecule has 21 heavy (non-hydrogen) atoms. The number of rotatable bonds is 8. The van der Waals surface area contributed by atoms with Gasteiger partial charge in [-0.2, -0.15) is 4.98 Å². The predicted octanol–water partition coefficient (Wildman–Crippen LogP) is 1.07. The van der Waals surface area contributed by atoms with Gasteiger partial charge in [-0.3, -0.25) is 0 Å². The Labute approximate surface area is 127 Å². The molecule has 2 rings (SSSR count). The highest BCUT2D eigenvalue weighted by Crippen LogP contribution is 2.25. The van der Waals surface area contributed by atoms with Crippen molar-refractivity contribution in [1.82, 2.24) is 20.2 Å².